The van der Waals surface area contributed by atoms with Crippen LogP contribution in [0.4, 0.5) is 10.5 Å². The zero-order valence-electron chi connectivity index (χ0n) is 16.8. The fourth-order valence-electron chi connectivity index (χ4n) is 3.12. The molecule has 1 aromatic carbocycles. The van der Waals surface area contributed by atoms with E-state index in [1.165, 1.54) is 17.0 Å². The van der Waals surface area contributed by atoms with Crippen LogP contribution in [0.1, 0.15) is 33.6 Å². The number of nitrogens with zero attached hydrogens (tertiary/aromatic N) is 3. The van der Waals surface area contributed by atoms with Gasteiger partial charge in [-0.2, -0.15) is 0 Å². The molecule has 1 aromatic heterocycles. The second kappa shape index (κ2) is 7.69. The predicted octanol–water partition coefficient (Wildman–Crippen LogP) is 4.59. The summed E-state index contributed by atoms with van der Waals surface area (Å²) in [6, 6.07) is 8.10. The van der Waals surface area contributed by atoms with Crippen molar-refractivity contribution >= 4 is 11.8 Å². The van der Waals surface area contributed by atoms with Gasteiger partial charge in [-0.05, 0) is 57.4 Å². The zero-order valence-corrected chi connectivity index (χ0v) is 16.8. The molecule has 1 amide bonds. The van der Waals surface area contributed by atoms with Crippen LogP contribution in [0.3, 0.4) is 0 Å². The van der Waals surface area contributed by atoms with Gasteiger partial charge in [-0.25, -0.2) is 4.79 Å². The number of carbonyl (C=O) groups is 1. The zero-order chi connectivity index (χ0) is 21.2. The normalized spacial score (nSPS) is 14.9. The lowest BCUT2D eigenvalue weighted by Crippen LogP contribution is -2.48. The summed E-state index contributed by atoms with van der Waals surface area (Å²) in [5.41, 5.74) is 0.989. The van der Waals surface area contributed by atoms with E-state index in [-0.39, 0.29) is 11.1 Å². The first-order valence-electron chi connectivity index (χ1n) is 9.43. The second-order valence-corrected chi connectivity index (χ2v) is 8.54. The van der Waals surface area contributed by atoms with Gasteiger partial charge in [-0.3, -0.25) is 15.1 Å². The van der Waals surface area contributed by atoms with Gasteiger partial charge in [-0.1, -0.05) is 0 Å². The van der Waals surface area contributed by atoms with Crippen LogP contribution < -0.4 is 4.74 Å². The number of ether oxygens (including phenoxy) is 1. The van der Waals surface area contributed by atoms with Crippen molar-refractivity contribution in [2.75, 3.05) is 13.2 Å². The summed E-state index contributed by atoms with van der Waals surface area (Å²) in [4.78, 5) is 27.7. The number of nitro groups is 1. The van der Waals surface area contributed by atoms with Gasteiger partial charge in [0.1, 0.15) is 5.75 Å². The van der Waals surface area contributed by atoms with Crippen molar-refractivity contribution in [2.24, 2.45) is 5.41 Å². The van der Waals surface area contributed by atoms with Crippen LogP contribution >= 0.6 is 0 Å². The number of aromatic nitrogens is 1. The Morgan fingerprint density at radius 3 is 2.41 bits per heavy atom. The number of hydrogen-bond donors (Lipinski definition) is 1. The Kier molecular flexibility index (Phi) is 5.46. The van der Waals surface area contributed by atoms with Gasteiger partial charge >= 0.3 is 6.09 Å². The Bertz CT molecular complexity index is 901. The summed E-state index contributed by atoms with van der Waals surface area (Å²) >= 11 is 0. The lowest BCUT2D eigenvalue weighted by Gasteiger charge is -2.36. The molecule has 8 heteroatoms. The highest BCUT2D eigenvalue weighted by Gasteiger charge is 2.47. The molecule has 0 aliphatic heterocycles. The number of nitro benzene ring substituents is 1. The Balaban J connectivity index is 1.68. The van der Waals surface area contributed by atoms with Gasteiger partial charge in [0.25, 0.3) is 5.69 Å². The fraction of sp³-hybridized carbons (Fsp3) is 0.429. The maximum absolute atomic E-state index is 11.6. The van der Waals surface area contributed by atoms with Gasteiger partial charge in [0.15, 0.2) is 0 Å². The molecule has 8 nitrogen and oxygen atoms in total. The van der Waals surface area contributed by atoms with Crippen molar-refractivity contribution in [3.05, 3.63) is 52.8 Å². The smallest absolute Gasteiger partial charge is 0.407 e. The van der Waals surface area contributed by atoms with Crippen LogP contribution in [0.2, 0.25) is 0 Å². The fourth-order valence-corrected chi connectivity index (χ4v) is 3.12. The van der Waals surface area contributed by atoms with E-state index in [9.17, 15) is 20.0 Å². The SMILES string of the molecule is CC(C)(C)N(CC1(COc2cncc(-c3ccc([N+](=O)[O-])cc3)c2)CC1)C(=O)O. The van der Waals surface area contributed by atoms with Crippen LogP contribution in [0.5, 0.6) is 5.75 Å². The first-order valence-corrected chi connectivity index (χ1v) is 9.43. The van der Waals surface area contributed by atoms with Crippen LogP contribution in [0, 0.1) is 15.5 Å². The van der Waals surface area contributed by atoms with Gasteiger partial charge in [0, 0.05) is 41.4 Å². The molecule has 154 valence electrons. The highest BCUT2D eigenvalue weighted by Crippen LogP contribution is 2.47. The van der Waals surface area contributed by atoms with Crippen molar-refractivity contribution in [1.82, 2.24) is 9.88 Å². The van der Waals surface area contributed by atoms with E-state index >= 15 is 0 Å². The minimum Gasteiger partial charge on any atom is -0.491 e. The summed E-state index contributed by atoms with van der Waals surface area (Å²) in [5, 5.41) is 20.3. The molecule has 1 N–H and O–H groups in total. The Morgan fingerprint density at radius 2 is 1.90 bits per heavy atom. The molecule has 29 heavy (non-hydrogen) atoms. The molecule has 1 aliphatic rings. The van der Waals surface area contributed by atoms with E-state index < -0.39 is 16.6 Å². The van der Waals surface area contributed by atoms with Crippen molar-refractivity contribution in [3.8, 4) is 16.9 Å². The summed E-state index contributed by atoms with van der Waals surface area (Å²) in [5.74, 6) is 0.588. The minimum atomic E-state index is -0.925. The van der Waals surface area contributed by atoms with Gasteiger partial charge in [0.2, 0.25) is 0 Å². The molecular weight excluding hydrogens is 374 g/mol. The van der Waals surface area contributed by atoms with E-state index in [0.717, 1.165) is 24.0 Å². The summed E-state index contributed by atoms with van der Waals surface area (Å²) in [6.45, 7) is 6.50. The first-order chi connectivity index (χ1) is 13.6. The average molecular weight is 399 g/mol. The van der Waals surface area contributed by atoms with Crippen LogP contribution in [0.25, 0.3) is 11.1 Å². The molecule has 0 unspecified atom stereocenters. The Labute approximate surface area is 169 Å². The summed E-state index contributed by atoms with van der Waals surface area (Å²) in [6.07, 6.45) is 4.20. The first kappa shape index (κ1) is 20.6. The quantitative estimate of drug-likeness (QED) is 0.539. The summed E-state index contributed by atoms with van der Waals surface area (Å²) in [7, 11) is 0. The molecule has 1 saturated carbocycles. The van der Waals surface area contributed by atoms with E-state index in [2.05, 4.69) is 4.98 Å². The molecule has 3 rings (SSSR count). The standard InChI is InChI=1S/C21H25N3O5/c1-20(2,3)23(19(25)26)13-21(8-9-21)14-29-18-10-16(11-22-12-18)15-4-6-17(7-5-15)24(27)28/h4-7,10-12H,8-9,13-14H2,1-3H3,(H,25,26). The monoisotopic (exact) mass is 399 g/mol. The van der Waals surface area contributed by atoms with Crippen molar-refractivity contribution < 1.29 is 19.6 Å². The largest absolute Gasteiger partial charge is 0.491 e. The Morgan fingerprint density at radius 1 is 1.24 bits per heavy atom. The highest BCUT2D eigenvalue weighted by atomic mass is 16.6. The number of carboxylic acid groups (broad SMARTS) is 1. The molecule has 0 radical (unpaired) electrons. The topological polar surface area (TPSA) is 106 Å². The number of rotatable bonds is 7. The van der Waals surface area contributed by atoms with E-state index in [0.29, 0.717) is 18.9 Å². The van der Waals surface area contributed by atoms with Crippen molar-refractivity contribution in [3.63, 3.8) is 0 Å². The van der Waals surface area contributed by atoms with E-state index in [1.54, 1.807) is 24.5 Å². The average Bonchev–Trinajstić information content (AvgIpc) is 3.44. The Hall–Kier alpha value is -3.16. The number of amides is 1. The highest BCUT2D eigenvalue weighted by molar-refractivity contribution is 5.66. The molecule has 0 atom stereocenters. The number of non-ortho nitro benzene ring substituents is 1. The van der Waals surface area contributed by atoms with Crippen LogP contribution in [-0.2, 0) is 0 Å². The van der Waals surface area contributed by atoms with Crippen molar-refractivity contribution in [2.45, 2.75) is 39.2 Å². The number of benzene rings is 1. The van der Waals surface area contributed by atoms with Gasteiger partial charge < -0.3 is 14.7 Å². The van der Waals surface area contributed by atoms with E-state index in [1.807, 2.05) is 26.8 Å². The molecule has 0 spiro atoms. The molecule has 0 bridgehead atoms. The van der Waals surface area contributed by atoms with E-state index in [4.69, 9.17) is 4.74 Å². The van der Waals surface area contributed by atoms with Gasteiger partial charge in [0.05, 0.1) is 17.7 Å². The third kappa shape index (κ3) is 5.01. The number of hydrogen-bond acceptors (Lipinski definition) is 5. The molecule has 1 aliphatic carbocycles. The molecule has 1 fully saturated rings. The molecule has 0 saturated heterocycles. The second-order valence-electron chi connectivity index (χ2n) is 8.54. The minimum absolute atomic E-state index is 0.0339. The maximum Gasteiger partial charge on any atom is 0.407 e. The lowest BCUT2D eigenvalue weighted by molar-refractivity contribution is -0.384. The molecular formula is C21H25N3O5. The van der Waals surface area contributed by atoms with Crippen LogP contribution in [0.15, 0.2) is 42.7 Å². The summed E-state index contributed by atoms with van der Waals surface area (Å²) < 4.78 is 5.96. The van der Waals surface area contributed by atoms with Crippen molar-refractivity contribution in [1.29, 1.82) is 0 Å². The van der Waals surface area contributed by atoms with Gasteiger partial charge in [-0.15, -0.1) is 0 Å². The predicted molar refractivity (Wildman–Crippen MR) is 108 cm³/mol. The maximum atomic E-state index is 11.6. The molecule has 1 heterocycles. The van der Waals surface area contributed by atoms with Crippen LogP contribution in [-0.4, -0.2) is 44.7 Å². The number of pyridine rings is 1. The third-order valence-corrected chi connectivity index (χ3v) is 5.16. The molecule has 2 aromatic rings. The third-order valence-electron chi connectivity index (χ3n) is 5.16. The lowest BCUT2D eigenvalue weighted by atomic mass is 10.0.